The van der Waals surface area contributed by atoms with Gasteiger partial charge in [0, 0.05) is 10.6 Å². The molecule has 31 heavy (non-hydrogen) atoms. The average molecular weight is 659 g/mol. The third-order valence-corrected chi connectivity index (χ3v) is 6.12. The number of nitrogens with one attached hydrogen (secondary N) is 1. The first kappa shape index (κ1) is 23.5. The SMILES string of the molecule is N#C/C(=C/c1cc(I)c(OCc2ccccc2Cl)c(I)c1)C(=O)Nc1ccccc1F. The lowest BCUT2D eigenvalue weighted by atomic mass is 10.1. The highest BCUT2D eigenvalue weighted by molar-refractivity contribution is 14.1. The van der Waals surface area contributed by atoms with E-state index in [2.05, 4.69) is 50.5 Å². The van der Waals surface area contributed by atoms with Crippen molar-refractivity contribution in [3.05, 3.63) is 95.3 Å². The van der Waals surface area contributed by atoms with Gasteiger partial charge in [0.25, 0.3) is 5.91 Å². The first-order valence-electron chi connectivity index (χ1n) is 8.92. The van der Waals surface area contributed by atoms with E-state index in [-0.39, 0.29) is 11.3 Å². The van der Waals surface area contributed by atoms with Gasteiger partial charge in [-0.1, -0.05) is 41.9 Å². The van der Waals surface area contributed by atoms with Crippen LogP contribution in [-0.2, 0) is 11.4 Å². The Balaban J connectivity index is 1.80. The van der Waals surface area contributed by atoms with Crippen LogP contribution >= 0.6 is 56.8 Å². The molecule has 0 aliphatic heterocycles. The van der Waals surface area contributed by atoms with E-state index in [1.54, 1.807) is 24.3 Å². The quantitative estimate of drug-likeness (QED) is 0.180. The third-order valence-electron chi connectivity index (χ3n) is 4.15. The first-order valence-corrected chi connectivity index (χ1v) is 11.5. The molecule has 0 unspecified atom stereocenters. The van der Waals surface area contributed by atoms with Gasteiger partial charge in [-0.05, 0) is 87.2 Å². The summed E-state index contributed by atoms with van der Waals surface area (Å²) in [4.78, 5) is 12.4. The number of carbonyl (C=O) groups is 1. The Hall–Kier alpha value is -2.16. The molecular formula is C23H14ClFI2N2O2. The molecule has 3 aromatic rings. The van der Waals surface area contributed by atoms with Crippen LogP contribution in [0.3, 0.4) is 0 Å². The summed E-state index contributed by atoms with van der Waals surface area (Å²) in [6.07, 6.45) is 1.46. The number of anilines is 1. The average Bonchev–Trinajstić information content (AvgIpc) is 2.74. The zero-order valence-electron chi connectivity index (χ0n) is 15.8. The standard InChI is InChI=1S/C23H14ClFI2N2O2/c24-17-6-2-1-5-15(17)13-31-22-19(26)10-14(11-20(22)27)9-16(12-28)23(30)29-21-8-4-3-7-18(21)25/h1-11H,13H2,(H,29,30)/b16-9-. The second-order valence-electron chi connectivity index (χ2n) is 6.30. The number of hydrogen-bond donors (Lipinski definition) is 1. The molecule has 0 fully saturated rings. The van der Waals surface area contributed by atoms with E-state index < -0.39 is 11.7 Å². The van der Waals surface area contributed by atoms with Crippen molar-refractivity contribution in [3.63, 3.8) is 0 Å². The Bertz CT molecular complexity index is 1190. The van der Waals surface area contributed by atoms with Crippen molar-refractivity contribution in [1.29, 1.82) is 5.26 Å². The normalized spacial score (nSPS) is 11.0. The van der Waals surface area contributed by atoms with Crippen LogP contribution in [0.2, 0.25) is 5.02 Å². The van der Waals surface area contributed by atoms with Crippen molar-refractivity contribution in [2.45, 2.75) is 6.61 Å². The molecule has 0 heterocycles. The van der Waals surface area contributed by atoms with E-state index in [9.17, 15) is 14.4 Å². The van der Waals surface area contributed by atoms with Crippen LogP contribution in [0, 0.1) is 24.3 Å². The monoisotopic (exact) mass is 658 g/mol. The number of nitriles is 1. The summed E-state index contributed by atoms with van der Waals surface area (Å²) in [5.74, 6) is -0.568. The molecule has 0 radical (unpaired) electrons. The van der Waals surface area contributed by atoms with Crippen molar-refractivity contribution in [2.24, 2.45) is 0 Å². The van der Waals surface area contributed by atoms with Gasteiger partial charge in [-0.2, -0.15) is 5.26 Å². The summed E-state index contributed by atoms with van der Waals surface area (Å²) in [5.41, 5.74) is 1.40. The number of benzene rings is 3. The minimum absolute atomic E-state index is 0.0149. The van der Waals surface area contributed by atoms with Crippen LogP contribution in [0.15, 0.2) is 66.2 Å². The van der Waals surface area contributed by atoms with E-state index in [0.717, 1.165) is 12.7 Å². The molecule has 3 aromatic carbocycles. The molecule has 0 aliphatic rings. The summed E-state index contributed by atoms with van der Waals surface area (Å²) in [6.45, 7) is 0.315. The van der Waals surface area contributed by atoms with Gasteiger partial charge in [0.05, 0.1) is 12.8 Å². The summed E-state index contributed by atoms with van der Waals surface area (Å²) < 4.78 is 21.4. The van der Waals surface area contributed by atoms with Gasteiger partial charge in [-0.3, -0.25) is 4.79 Å². The highest BCUT2D eigenvalue weighted by Crippen LogP contribution is 2.31. The van der Waals surface area contributed by atoms with Gasteiger partial charge in [0.1, 0.15) is 29.8 Å². The van der Waals surface area contributed by atoms with Crippen molar-refractivity contribution in [1.82, 2.24) is 0 Å². The van der Waals surface area contributed by atoms with Crippen molar-refractivity contribution in [3.8, 4) is 11.8 Å². The number of nitrogens with zero attached hydrogens (tertiary/aromatic N) is 1. The van der Waals surface area contributed by atoms with Crippen LogP contribution in [0.5, 0.6) is 5.75 Å². The van der Waals surface area contributed by atoms with E-state index >= 15 is 0 Å². The maximum atomic E-state index is 13.8. The Kier molecular flexibility index (Phi) is 8.28. The molecule has 156 valence electrons. The molecule has 3 rings (SSSR count). The van der Waals surface area contributed by atoms with Crippen LogP contribution in [0.1, 0.15) is 11.1 Å². The number of carbonyl (C=O) groups excluding carboxylic acids is 1. The molecule has 0 spiro atoms. The van der Waals surface area contributed by atoms with Gasteiger partial charge >= 0.3 is 0 Å². The minimum Gasteiger partial charge on any atom is -0.487 e. The maximum Gasteiger partial charge on any atom is 0.266 e. The van der Waals surface area contributed by atoms with Crippen LogP contribution < -0.4 is 10.1 Å². The highest BCUT2D eigenvalue weighted by atomic mass is 127. The smallest absolute Gasteiger partial charge is 0.266 e. The molecule has 1 N–H and O–H groups in total. The number of ether oxygens (including phenoxy) is 1. The second kappa shape index (κ2) is 10.9. The minimum atomic E-state index is -0.684. The maximum absolute atomic E-state index is 13.8. The molecule has 0 aliphatic carbocycles. The Morgan fingerprint density at radius 3 is 2.42 bits per heavy atom. The Morgan fingerprint density at radius 2 is 1.77 bits per heavy atom. The third kappa shape index (κ3) is 6.18. The number of hydrogen-bond acceptors (Lipinski definition) is 3. The van der Waals surface area contributed by atoms with Crippen molar-refractivity contribution >= 4 is 74.5 Å². The lowest BCUT2D eigenvalue weighted by Gasteiger charge is -2.12. The zero-order valence-corrected chi connectivity index (χ0v) is 20.9. The van der Waals surface area contributed by atoms with Crippen LogP contribution in [0.4, 0.5) is 10.1 Å². The van der Waals surface area contributed by atoms with E-state index in [1.165, 1.54) is 24.3 Å². The molecule has 1 amide bonds. The first-order chi connectivity index (χ1) is 14.9. The summed E-state index contributed by atoms with van der Waals surface area (Å²) in [5, 5.41) is 12.5. The molecule has 0 atom stereocenters. The predicted molar refractivity (Wildman–Crippen MR) is 136 cm³/mol. The van der Waals surface area contributed by atoms with Crippen molar-refractivity contribution < 1.29 is 13.9 Å². The Labute approximate surface area is 211 Å². The topological polar surface area (TPSA) is 62.1 Å². The lowest BCUT2D eigenvalue weighted by molar-refractivity contribution is -0.112. The number of halogens is 4. The number of para-hydroxylation sites is 1. The highest BCUT2D eigenvalue weighted by Gasteiger charge is 2.14. The number of amides is 1. The van der Waals surface area contributed by atoms with E-state index in [4.69, 9.17) is 16.3 Å². The largest absolute Gasteiger partial charge is 0.487 e. The zero-order chi connectivity index (χ0) is 22.4. The molecule has 0 saturated carbocycles. The number of rotatable bonds is 6. The second-order valence-corrected chi connectivity index (χ2v) is 9.03. The van der Waals surface area contributed by atoms with Crippen LogP contribution in [-0.4, -0.2) is 5.91 Å². The summed E-state index contributed by atoms with van der Waals surface area (Å²) >= 11 is 10.5. The van der Waals surface area contributed by atoms with Gasteiger partial charge in [0.2, 0.25) is 0 Å². The molecule has 8 heteroatoms. The fourth-order valence-electron chi connectivity index (χ4n) is 2.63. The molecule has 0 aromatic heterocycles. The fraction of sp³-hybridized carbons (Fsp3) is 0.0435. The van der Waals surface area contributed by atoms with Gasteiger partial charge in [-0.25, -0.2) is 4.39 Å². The predicted octanol–water partition coefficient (Wildman–Crippen LogP) is 6.81. The van der Waals surface area contributed by atoms with Gasteiger partial charge < -0.3 is 10.1 Å². The lowest BCUT2D eigenvalue weighted by Crippen LogP contribution is -2.14. The summed E-state index contributed by atoms with van der Waals surface area (Å²) in [7, 11) is 0. The van der Waals surface area contributed by atoms with Crippen LogP contribution in [0.25, 0.3) is 6.08 Å². The fourth-order valence-corrected chi connectivity index (χ4v) is 4.95. The Morgan fingerprint density at radius 1 is 1.13 bits per heavy atom. The molecule has 0 bridgehead atoms. The van der Waals surface area contributed by atoms with Gasteiger partial charge in [-0.15, -0.1) is 0 Å². The van der Waals surface area contributed by atoms with E-state index in [1.807, 2.05) is 24.3 Å². The van der Waals surface area contributed by atoms with Crippen molar-refractivity contribution in [2.75, 3.05) is 5.32 Å². The van der Waals surface area contributed by atoms with Gasteiger partial charge in [0.15, 0.2) is 0 Å². The molecular weight excluding hydrogens is 645 g/mol. The molecule has 4 nitrogen and oxygen atoms in total. The summed E-state index contributed by atoms with van der Waals surface area (Å²) in [6, 6.07) is 18.7. The van der Waals surface area contributed by atoms with E-state index in [0.29, 0.717) is 22.9 Å². The molecule has 0 saturated heterocycles.